The normalized spacial score (nSPS) is 56.4. The molecule has 27 unspecified atom stereocenters. The molecule has 4 aliphatic carbocycles. The molecule has 4 aliphatic heterocycles. The van der Waals surface area contributed by atoms with Crippen LogP contribution in [0.1, 0.15) is 106 Å². The van der Waals surface area contributed by atoms with Gasteiger partial charge in [0.05, 0.1) is 31.0 Å². The number of aliphatic hydroxyl groups is 9. The number of ether oxygens (including phenoxy) is 7. The van der Waals surface area contributed by atoms with Gasteiger partial charge in [0.2, 0.25) is 0 Å². The van der Waals surface area contributed by atoms with Crippen molar-refractivity contribution < 1.29 is 83.9 Å². The fourth-order valence-corrected chi connectivity index (χ4v) is 13.8. The van der Waals surface area contributed by atoms with E-state index < -0.39 is 111 Å². The third-order valence-electron chi connectivity index (χ3n) is 17.7. The predicted octanol–water partition coefficient (Wildman–Crippen LogP) is 0.483. The molecule has 17 heteroatoms. The largest absolute Gasteiger partial charge is 0.394 e. The maximum atomic E-state index is 14.4. The maximum Gasteiger partial charge on any atom is 0.189 e. The lowest BCUT2D eigenvalue weighted by Gasteiger charge is -2.61. The fraction of sp³-hybridized carbons (Fsp3) is 0.978. The summed E-state index contributed by atoms with van der Waals surface area (Å²) in [6.07, 6.45) is -13.0. The third kappa shape index (κ3) is 8.27. The van der Waals surface area contributed by atoms with E-state index in [1.54, 1.807) is 6.92 Å². The highest BCUT2D eigenvalue weighted by Gasteiger charge is 2.64. The molecule has 9 N–H and O–H groups in total. The lowest BCUT2D eigenvalue weighted by atomic mass is 9.44. The van der Waals surface area contributed by atoms with Crippen molar-refractivity contribution in [3.8, 4) is 0 Å². The molecule has 8 fully saturated rings. The Balaban J connectivity index is 0.917. The molecule has 0 aromatic carbocycles. The molecular weight excluding hydrogens is 812 g/mol. The van der Waals surface area contributed by atoms with Gasteiger partial charge >= 0.3 is 0 Å². The van der Waals surface area contributed by atoms with Crippen LogP contribution in [0.15, 0.2) is 0 Å². The summed E-state index contributed by atoms with van der Waals surface area (Å²) in [5.74, 6) is 1.60. The molecule has 0 bridgehead atoms. The summed E-state index contributed by atoms with van der Waals surface area (Å²) < 4.78 is 42.7. The van der Waals surface area contributed by atoms with E-state index in [4.69, 9.17) is 33.2 Å². The molecule has 0 radical (unpaired) electrons. The predicted molar refractivity (Wildman–Crippen MR) is 215 cm³/mol. The van der Waals surface area contributed by atoms with E-state index in [0.29, 0.717) is 37.0 Å². The van der Waals surface area contributed by atoms with Crippen LogP contribution in [0, 0.1) is 52.3 Å². The number of ketones is 1. The second-order valence-electron chi connectivity index (χ2n) is 21.1. The zero-order valence-corrected chi connectivity index (χ0v) is 37.0. The number of hydrogen-bond donors (Lipinski definition) is 9. The first-order valence-corrected chi connectivity index (χ1v) is 23.4. The van der Waals surface area contributed by atoms with Gasteiger partial charge in [0, 0.05) is 18.3 Å². The Bertz CT molecular complexity index is 1560. The first-order valence-electron chi connectivity index (χ1n) is 23.4. The molecule has 4 heterocycles. The van der Waals surface area contributed by atoms with Gasteiger partial charge in [-0.25, -0.2) is 0 Å². The summed E-state index contributed by atoms with van der Waals surface area (Å²) in [4.78, 5) is 14.4. The molecular formula is C45H74O17. The van der Waals surface area contributed by atoms with Gasteiger partial charge in [-0.2, -0.15) is 0 Å². The number of fused-ring (bicyclic) bond motifs is 5. The second kappa shape index (κ2) is 18.3. The van der Waals surface area contributed by atoms with Gasteiger partial charge in [0.25, 0.3) is 0 Å². The Morgan fingerprint density at radius 1 is 0.629 bits per heavy atom. The van der Waals surface area contributed by atoms with Crippen molar-refractivity contribution in [3.05, 3.63) is 0 Å². The van der Waals surface area contributed by atoms with Crippen LogP contribution >= 0.6 is 0 Å². The fourth-order valence-electron chi connectivity index (χ4n) is 13.8. The van der Waals surface area contributed by atoms with E-state index in [1.165, 1.54) is 6.92 Å². The molecule has 4 saturated heterocycles. The van der Waals surface area contributed by atoms with Crippen molar-refractivity contribution in [1.82, 2.24) is 0 Å². The average Bonchev–Trinajstić information content (AvgIpc) is 3.60. The van der Waals surface area contributed by atoms with Crippen LogP contribution in [-0.2, 0) is 38.0 Å². The summed E-state index contributed by atoms with van der Waals surface area (Å²) in [5, 5.41) is 94.4. The minimum absolute atomic E-state index is 0.0229. The standard InChI is InChI=1S/C45H74O17/c1-18-7-10-29(59-40(18)62-42-38(55)35(52)32(49)21(4)57-42)19(2)24-8-9-25-23-16-28(47)27-15-22(11-13-45(27,6)26(23)12-14-44(24,25)5)58-43-39(36(53)33(50)30(17-46)60-43)61-41-37(54)34(51)31(48)20(3)56-41/h18-27,29-43,46,48-55H,7-17H2,1-6H3. The number of carbonyl (C=O) groups is 1. The monoisotopic (exact) mass is 886 g/mol. The van der Waals surface area contributed by atoms with Crippen LogP contribution in [0.3, 0.4) is 0 Å². The number of carbonyl (C=O) groups excluding carboxylic acids is 1. The van der Waals surface area contributed by atoms with Gasteiger partial charge in [-0.3, -0.25) is 4.79 Å². The van der Waals surface area contributed by atoms with Crippen molar-refractivity contribution in [3.63, 3.8) is 0 Å². The van der Waals surface area contributed by atoms with E-state index in [0.717, 1.165) is 44.9 Å². The van der Waals surface area contributed by atoms with Crippen LogP contribution < -0.4 is 0 Å². The number of hydrogen-bond acceptors (Lipinski definition) is 17. The molecule has 0 aromatic rings. The number of rotatable bonds is 9. The minimum atomic E-state index is -1.67. The Hall–Kier alpha value is -0.970. The van der Waals surface area contributed by atoms with E-state index >= 15 is 0 Å². The minimum Gasteiger partial charge on any atom is -0.394 e. The zero-order chi connectivity index (χ0) is 44.7. The van der Waals surface area contributed by atoms with Crippen molar-refractivity contribution >= 4 is 5.78 Å². The van der Waals surface area contributed by atoms with E-state index in [-0.39, 0.29) is 46.4 Å². The lowest BCUT2D eigenvalue weighted by molar-refractivity contribution is -0.370. The highest BCUT2D eigenvalue weighted by atomic mass is 16.8. The van der Waals surface area contributed by atoms with Crippen LogP contribution in [0.25, 0.3) is 0 Å². The van der Waals surface area contributed by atoms with Crippen molar-refractivity contribution in [2.75, 3.05) is 6.61 Å². The molecule has 17 nitrogen and oxygen atoms in total. The summed E-state index contributed by atoms with van der Waals surface area (Å²) >= 11 is 0. The Morgan fingerprint density at radius 2 is 1.24 bits per heavy atom. The SMILES string of the molecule is CC1CCC(C(C)C2CCC3C4CC(=O)C5CC(OC6OC(CO)C(O)C(O)C6OC6OC(C)C(O)C(O)C6O)CCC5(C)C4CCC23C)OC1OC1OC(C)C(O)C(O)C1O. The average molecular weight is 887 g/mol. The number of Topliss-reactive ketones (excluding diaryl/α,β-unsaturated/α-hetero) is 1. The Kier molecular flexibility index (Phi) is 14.0. The number of aliphatic hydroxyl groups excluding tert-OH is 9. The van der Waals surface area contributed by atoms with Crippen molar-refractivity contribution in [1.29, 1.82) is 0 Å². The van der Waals surface area contributed by atoms with E-state index in [2.05, 4.69) is 27.7 Å². The highest BCUT2D eigenvalue weighted by Crippen LogP contribution is 2.68. The second-order valence-corrected chi connectivity index (χ2v) is 21.1. The molecule has 0 aromatic heterocycles. The molecule has 4 saturated carbocycles. The molecule has 356 valence electrons. The van der Waals surface area contributed by atoms with Crippen LogP contribution in [0.5, 0.6) is 0 Å². The van der Waals surface area contributed by atoms with Crippen LogP contribution in [0.2, 0.25) is 0 Å². The molecule has 8 rings (SSSR count). The third-order valence-corrected chi connectivity index (χ3v) is 17.7. The van der Waals surface area contributed by atoms with Gasteiger partial charge in [0.1, 0.15) is 66.8 Å². The van der Waals surface area contributed by atoms with E-state index in [9.17, 15) is 50.8 Å². The van der Waals surface area contributed by atoms with E-state index in [1.807, 2.05) is 0 Å². The first kappa shape index (κ1) is 47.5. The van der Waals surface area contributed by atoms with Gasteiger partial charge < -0.3 is 79.1 Å². The highest BCUT2D eigenvalue weighted by molar-refractivity contribution is 5.83. The van der Waals surface area contributed by atoms with Gasteiger partial charge in [-0.15, -0.1) is 0 Å². The van der Waals surface area contributed by atoms with Gasteiger partial charge in [-0.1, -0.05) is 27.7 Å². The van der Waals surface area contributed by atoms with Crippen molar-refractivity contribution in [2.45, 2.75) is 216 Å². The summed E-state index contributed by atoms with van der Waals surface area (Å²) in [6, 6.07) is 0. The van der Waals surface area contributed by atoms with Crippen molar-refractivity contribution in [2.24, 2.45) is 52.3 Å². The maximum absolute atomic E-state index is 14.4. The van der Waals surface area contributed by atoms with Gasteiger partial charge in [0.15, 0.2) is 25.2 Å². The summed E-state index contributed by atoms with van der Waals surface area (Å²) in [7, 11) is 0. The molecule has 62 heavy (non-hydrogen) atoms. The topological polar surface area (TPSA) is 264 Å². The first-order chi connectivity index (χ1) is 29.3. The van der Waals surface area contributed by atoms with Gasteiger partial charge in [-0.05, 0) is 112 Å². The smallest absolute Gasteiger partial charge is 0.189 e. The Morgan fingerprint density at radius 3 is 1.89 bits per heavy atom. The van der Waals surface area contributed by atoms with Crippen LogP contribution in [0.4, 0.5) is 0 Å². The molecule has 27 atom stereocenters. The Labute approximate surface area is 364 Å². The quantitative estimate of drug-likeness (QED) is 0.143. The molecule has 0 amide bonds. The summed E-state index contributed by atoms with van der Waals surface area (Å²) in [5.41, 5.74) is -0.222. The zero-order valence-electron chi connectivity index (χ0n) is 37.0. The van der Waals surface area contributed by atoms with Crippen LogP contribution in [-0.4, -0.2) is 169 Å². The lowest BCUT2D eigenvalue weighted by Crippen LogP contribution is -2.64. The summed E-state index contributed by atoms with van der Waals surface area (Å²) in [6.45, 7) is 11.6. The molecule has 8 aliphatic rings. The molecule has 0 spiro atoms.